The molecule has 0 heterocycles. The van der Waals surface area contributed by atoms with E-state index in [1.54, 1.807) is 0 Å². The van der Waals surface area contributed by atoms with Crippen molar-refractivity contribution in [2.75, 3.05) is 29.6 Å². The summed E-state index contributed by atoms with van der Waals surface area (Å²) in [5, 5.41) is 0.892. The first-order valence-electron chi connectivity index (χ1n) is 5.94. The van der Waals surface area contributed by atoms with E-state index in [1.807, 2.05) is 0 Å². The number of hydrogen-bond acceptors (Lipinski definition) is 4. The molecule has 2 atom stereocenters. The Bertz CT molecular complexity index is 460. The van der Waals surface area contributed by atoms with Gasteiger partial charge in [0, 0.05) is 18.1 Å². The molecule has 5 nitrogen and oxygen atoms in total. The first kappa shape index (κ1) is 16.4. The number of halogens is 1. The first-order valence-corrected chi connectivity index (χ1v) is 10.8. The van der Waals surface area contributed by atoms with Crippen LogP contribution in [0.2, 0.25) is 0 Å². The lowest BCUT2D eigenvalue weighted by Gasteiger charge is -2.17. The molecular weight excluding hydrogens is 342 g/mol. The van der Waals surface area contributed by atoms with Crippen LogP contribution < -0.4 is 4.72 Å². The molecule has 0 amide bonds. The monoisotopic (exact) mass is 361 g/mol. The van der Waals surface area contributed by atoms with Gasteiger partial charge in [-0.15, -0.1) is 0 Å². The van der Waals surface area contributed by atoms with Crippen LogP contribution in [-0.4, -0.2) is 46.5 Å². The van der Waals surface area contributed by atoms with Crippen LogP contribution in [0.4, 0.5) is 0 Å². The number of alkyl halides is 1. The average Bonchev–Trinajstić information content (AvgIpc) is 2.70. The molecule has 0 aromatic rings. The maximum absolute atomic E-state index is 11.6. The van der Waals surface area contributed by atoms with Crippen molar-refractivity contribution < 1.29 is 16.8 Å². The third-order valence-corrected chi connectivity index (χ3v) is 6.69. The molecule has 0 aromatic carbocycles. The molecule has 2 unspecified atom stereocenters. The van der Waals surface area contributed by atoms with Crippen molar-refractivity contribution in [3.05, 3.63) is 0 Å². The highest BCUT2D eigenvalue weighted by molar-refractivity contribution is 9.09. The van der Waals surface area contributed by atoms with Gasteiger partial charge in [0.1, 0.15) is 9.84 Å². The molecule has 1 aliphatic rings. The van der Waals surface area contributed by atoms with Gasteiger partial charge in [0.15, 0.2) is 0 Å². The highest BCUT2D eigenvalue weighted by Gasteiger charge is 2.27. The molecular formula is C10H20BrNO4S2. The summed E-state index contributed by atoms with van der Waals surface area (Å²) in [4.78, 5) is 0. The summed E-state index contributed by atoms with van der Waals surface area (Å²) >= 11 is 3.44. The van der Waals surface area contributed by atoms with Gasteiger partial charge in [-0.1, -0.05) is 22.4 Å². The van der Waals surface area contributed by atoms with E-state index in [4.69, 9.17) is 0 Å². The van der Waals surface area contributed by atoms with Gasteiger partial charge in [-0.25, -0.2) is 21.6 Å². The summed E-state index contributed by atoms with van der Waals surface area (Å²) in [6, 6.07) is 0. The highest BCUT2D eigenvalue weighted by Crippen LogP contribution is 2.32. The third-order valence-electron chi connectivity index (χ3n) is 3.30. The van der Waals surface area contributed by atoms with Gasteiger partial charge in [0.25, 0.3) is 0 Å². The summed E-state index contributed by atoms with van der Waals surface area (Å²) in [5.74, 6) is 0.201. The molecule has 1 saturated carbocycles. The van der Waals surface area contributed by atoms with E-state index in [0.717, 1.165) is 30.8 Å². The molecule has 0 spiro atoms. The zero-order valence-electron chi connectivity index (χ0n) is 10.4. The van der Waals surface area contributed by atoms with E-state index >= 15 is 0 Å². The molecule has 8 heteroatoms. The van der Waals surface area contributed by atoms with Gasteiger partial charge < -0.3 is 0 Å². The van der Waals surface area contributed by atoms with Crippen molar-refractivity contribution >= 4 is 35.8 Å². The van der Waals surface area contributed by atoms with Gasteiger partial charge >= 0.3 is 0 Å². The normalized spacial score (nSPS) is 25.4. The van der Waals surface area contributed by atoms with E-state index in [2.05, 4.69) is 20.7 Å². The number of hydrogen-bond donors (Lipinski definition) is 1. The number of sulfone groups is 1. The Morgan fingerprint density at radius 1 is 1.11 bits per heavy atom. The molecule has 108 valence electrons. The van der Waals surface area contributed by atoms with Gasteiger partial charge in [0.05, 0.1) is 11.5 Å². The zero-order valence-corrected chi connectivity index (χ0v) is 13.7. The molecule has 1 rings (SSSR count). The fraction of sp³-hybridized carbons (Fsp3) is 1.00. The standard InChI is InChI=1S/C10H20BrNO4S2/c1-17(13,14)5-6-18(15,16)12-8-10-4-2-3-9(10)7-11/h9-10,12H,2-8H2,1H3. The van der Waals surface area contributed by atoms with Gasteiger partial charge in [-0.3, -0.25) is 0 Å². The van der Waals surface area contributed by atoms with Crippen LogP contribution in [0.3, 0.4) is 0 Å². The summed E-state index contributed by atoms with van der Waals surface area (Å²) in [7, 11) is -6.72. The molecule has 0 bridgehead atoms. The predicted octanol–water partition coefficient (Wildman–Crippen LogP) is 0.762. The van der Waals surface area contributed by atoms with Crippen LogP contribution in [0.15, 0.2) is 0 Å². The van der Waals surface area contributed by atoms with E-state index < -0.39 is 19.9 Å². The van der Waals surface area contributed by atoms with Crippen molar-refractivity contribution in [1.82, 2.24) is 4.72 Å². The maximum atomic E-state index is 11.6. The molecule has 1 N–H and O–H groups in total. The van der Waals surface area contributed by atoms with E-state index in [9.17, 15) is 16.8 Å². The first-order chi connectivity index (χ1) is 8.23. The van der Waals surface area contributed by atoms with Crippen LogP contribution >= 0.6 is 15.9 Å². The second-order valence-corrected chi connectivity index (χ2v) is 9.74. The molecule has 0 aliphatic heterocycles. The van der Waals surface area contributed by atoms with Gasteiger partial charge in [-0.2, -0.15) is 0 Å². The molecule has 0 saturated heterocycles. The third kappa shape index (κ3) is 5.99. The Balaban J connectivity index is 2.42. The van der Waals surface area contributed by atoms with Gasteiger partial charge in [0.2, 0.25) is 10.0 Å². The highest BCUT2D eigenvalue weighted by atomic mass is 79.9. The summed E-state index contributed by atoms with van der Waals surface area (Å²) < 4.78 is 47.7. The second-order valence-electron chi connectivity index (χ2n) is 4.90. The average molecular weight is 362 g/mol. The predicted molar refractivity (Wildman–Crippen MR) is 76.1 cm³/mol. The summed E-state index contributed by atoms with van der Waals surface area (Å²) in [6.07, 6.45) is 4.33. The molecule has 0 aromatic heterocycles. The topological polar surface area (TPSA) is 80.3 Å². The van der Waals surface area contributed by atoms with E-state index in [-0.39, 0.29) is 11.5 Å². The van der Waals surface area contributed by atoms with Crippen LogP contribution in [0.5, 0.6) is 0 Å². The van der Waals surface area contributed by atoms with Crippen molar-refractivity contribution in [2.24, 2.45) is 11.8 Å². The van der Waals surface area contributed by atoms with Crippen molar-refractivity contribution in [3.8, 4) is 0 Å². The van der Waals surface area contributed by atoms with E-state index in [0.29, 0.717) is 18.4 Å². The van der Waals surface area contributed by atoms with Crippen LogP contribution in [0.25, 0.3) is 0 Å². The largest absolute Gasteiger partial charge is 0.229 e. The van der Waals surface area contributed by atoms with Crippen LogP contribution in [0.1, 0.15) is 19.3 Å². The molecule has 18 heavy (non-hydrogen) atoms. The van der Waals surface area contributed by atoms with E-state index in [1.165, 1.54) is 0 Å². The number of rotatable bonds is 7. The molecule has 1 fully saturated rings. The van der Waals surface area contributed by atoms with Gasteiger partial charge in [-0.05, 0) is 24.7 Å². The van der Waals surface area contributed by atoms with Crippen molar-refractivity contribution in [3.63, 3.8) is 0 Å². The number of sulfonamides is 1. The lowest BCUT2D eigenvalue weighted by Crippen LogP contribution is -2.34. The Labute approximate surface area is 118 Å². The summed E-state index contributed by atoms with van der Waals surface area (Å²) in [5.41, 5.74) is 0. The van der Waals surface area contributed by atoms with Crippen molar-refractivity contribution in [1.29, 1.82) is 0 Å². The minimum absolute atomic E-state index is 0.325. The Kier molecular flexibility index (Phi) is 6.08. The Morgan fingerprint density at radius 2 is 1.72 bits per heavy atom. The fourth-order valence-corrected chi connectivity index (χ4v) is 5.71. The Hall–Kier alpha value is 0.340. The quantitative estimate of drug-likeness (QED) is 0.678. The summed E-state index contributed by atoms with van der Waals surface area (Å²) in [6.45, 7) is 0.419. The minimum Gasteiger partial charge on any atom is -0.229 e. The smallest absolute Gasteiger partial charge is 0.212 e. The zero-order chi connectivity index (χ0) is 13.8. The second kappa shape index (κ2) is 6.67. The number of nitrogens with one attached hydrogen (secondary N) is 1. The fourth-order valence-electron chi connectivity index (χ4n) is 2.15. The lowest BCUT2D eigenvalue weighted by molar-refractivity contribution is 0.422. The maximum Gasteiger partial charge on any atom is 0.212 e. The van der Waals surface area contributed by atoms with Crippen molar-refractivity contribution in [2.45, 2.75) is 19.3 Å². The molecule has 1 aliphatic carbocycles. The Morgan fingerprint density at radius 3 is 2.28 bits per heavy atom. The van der Waals surface area contributed by atoms with Crippen LogP contribution in [0, 0.1) is 11.8 Å². The van der Waals surface area contributed by atoms with Crippen LogP contribution in [-0.2, 0) is 19.9 Å². The SMILES string of the molecule is CS(=O)(=O)CCS(=O)(=O)NCC1CCCC1CBr. The molecule has 0 radical (unpaired) electrons. The minimum atomic E-state index is -3.48. The lowest BCUT2D eigenvalue weighted by atomic mass is 9.99.